The monoisotopic (exact) mass is 502 g/mol. The van der Waals surface area contributed by atoms with Crippen LogP contribution in [0.15, 0.2) is 46.9 Å². The number of hydrogen-bond donors (Lipinski definition) is 2. The maximum atomic E-state index is 14.1. The predicted molar refractivity (Wildman–Crippen MR) is 132 cm³/mol. The number of methoxy groups -OCH3 is 2. The van der Waals surface area contributed by atoms with E-state index in [2.05, 4.69) is 10.5 Å². The molecule has 1 amide bonds. The smallest absolute Gasteiger partial charge is 0.240 e. The van der Waals surface area contributed by atoms with Crippen molar-refractivity contribution >= 4 is 38.8 Å². The van der Waals surface area contributed by atoms with Crippen LogP contribution in [0.1, 0.15) is 35.2 Å². The van der Waals surface area contributed by atoms with Gasteiger partial charge in [0.1, 0.15) is 12.4 Å². The highest BCUT2D eigenvalue weighted by atomic mass is 32.1. The molecule has 0 aliphatic rings. The Balaban J connectivity index is 1.65. The van der Waals surface area contributed by atoms with Gasteiger partial charge in [-0.3, -0.25) is 9.59 Å². The molecule has 0 saturated carbocycles. The fraction of sp³-hybridized carbons (Fsp3) is 0.320. The summed E-state index contributed by atoms with van der Waals surface area (Å²) in [5, 5.41) is 15.7. The predicted octanol–water partition coefficient (Wildman–Crippen LogP) is 3.94. The van der Waals surface area contributed by atoms with Gasteiger partial charge in [-0.1, -0.05) is 12.1 Å². The van der Waals surface area contributed by atoms with Crippen LogP contribution in [0.4, 0.5) is 4.39 Å². The number of Topliss-reactive ketones (excluding diaryl/α,β-unsaturated/α-hetero) is 1. The molecule has 1 aromatic heterocycles. The van der Waals surface area contributed by atoms with Gasteiger partial charge in [0, 0.05) is 48.3 Å². The summed E-state index contributed by atoms with van der Waals surface area (Å²) in [5.41, 5.74) is 4.17. The quantitative estimate of drug-likeness (QED) is 0.208. The minimum atomic E-state index is -0.422. The zero-order valence-corrected chi connectivity index (χ0v) is 20.3. The number of ether oxygens (including phenoxy) is 3. The number of amides is 1. The van der Waals surface area contributed by atoms with Crippen LogP contribution in [0.5, 0.6) is 11.5 Å². The maximum Gasteiger partial charge on any atom is 0.240 e. The number of hydrazone groups is 1. The van der Waals surface area contributed by atoms with E-state index in [-0.39, 0.29) is 37.7 Å². The number of benzene rings is 2. The summed E-state index contributed by atoms with van der Waals surface area (Å²) in [6.45, 7) is 0.334. The van der Waals surface area contributed by atoms with Crippen LogP contribution in [-0.2, 0) is 9.53 Å². The first-order valence-electron chi connectivity index (χ1n) is 10.9. The third-order valence-electron chi connectivity index (χ3n) is 5.13. The largest absolute Gasteiger partial charge is 0.493 e. The minimum Gasteiger partial charge on any atom is -0.493 e. The number of thiophene rings is 1. The summed E-state index contributed by atoms with van der Waals surface area (Å²) >= 11 is 1.27. The highest BCUT2D eigenvalue weighted by Gasteiger charge is 2.15. The first-order valence-corrected chi connectivity index (χ1v) is 11.8. The Kier molecular flexibility index (Phi) is 9.71. The number of ketones is 1. The lowest BCUT2D eigenvalue weighted by Gasteiger charge is -2.11. The van der Waals surface area contributed by atoms with Crippen molar-refractivity contribution in [3.8, 4) is 11.5 Å². The second-order valence-corrected chi connectivity index (χ2v) is 8.34. The zero-order chi connectivity index (χ0) is 25.2. The molecule has 0 atom stereocenters. The van der Waals surface area contributed by atoms with E-state index >= 15 is 0 Å². The van der Waals surface area contributed by atoms with Gasteiger partial charge < -0.3 is 19.3 Å². The molecule has 35 heavy (non-hydrogen) atoms. The van der Waals surface area contributed by atoms with Gasteiger partial charge in [0.2, 0.25) is 5.91 Å². The minimum absolute atomic E-state index is 0.0264. The Hall–Kier alpha value is -3.34. The number of carbonyl (C=O) groups excluding carboxylic acids is 2. The Labute approximate surface area is 206 Å². The molecule has 0 aliphatic heterocycles. The van der Waals surface area contributed by atoms with E-state index in [1.807, 2.05) is 0 Å². The molecular formula is C25H27FN2O6S. The molecule has 2 N–H and O–H groups in total. The molecule has 1 heterocycles. The SMILES string of the molecule is COCC/C(=N\NC(=O)CCC(=O)c1ccc(OCCO)c(OC)c1)c1csc2c(F)cccc12. The average molecular weight is 503 g/mol. The van der Waals surface area contributed by atoms with Crippen LogP contribution in [0, 0.1) is 5.82 Å². The van der Waals surface area contributed by atoms with E-state index in [1.165, 1.54) is 30.6 Å². The van der Waals surface area contributed by atoms with Crippen molar-refractivity contribution in [2.75, 3.05) is 34.0 Å². The van der Waals surface area contributed by atoms with Crippen molar-refractivity contribution in [2.45, 2.75) is 19.3 Å². The lowest BCUT2D eigenvalue weighted by Crippen LogP contribution is -2.21. The van der Waals surface area contributed by atoms with Gasteiger partial charge in [-0.2, -0.15) is 5.10 Å². The van der Waals surface area contributed by atoms with Crippen LogP contribution in [0.25, 0.3) is 10.1 Å². The van der Waals surface area contributed by atoms with Crippen molar-refractivity contribution in [1.29, 1.82) is 0 Å². The summed E-state index contributed by atoms with van der Waals surface area (Å²) in [4.78, 5) is 25.0. The van der Waals surface area contributed by atoms with Gasteiger partial charge in [0.25, 0.3) is 0 Å². The number of nitrogens with zero attached hydrogens (tertiary/aromatic N) is 1. The van der Waals surface area contributed by atoms with Gasteiger partial charge in [-0.25, -0.2) is 9.82 Å². The molecule has 0 fully saturated rings. The summed E-state index contributed by atoms with van der Waals surface area (Å²) in [5.74, 6) is -0.198. The third kappa shape index (κ3) is 6.84. The van der Waals surface area contributed by atoms with Gasteiger partial charge in [0.15, 0.2) is 17.3 Å². The number of nitrogens with one attached hydrogen (secondary N) is 1. The Morgan fingerprint density at radius 2 is 1.91 bits per heavy atom. The molecule has 8 nitrogen and oxygen atoms in total. The number of carbonyl (C=O) groups is 2. The standard InChI is InChI=1S/C25H27FN2O6S/c1-32-12-10-20(18-15-35-25-17(18)4-3-5-19(25)26)27-28-24(31)9-7-21(30)16-6-8-22(34-13-11-29)23(14-16)33-2/h3-6,8,14-15,29H,7,9-13H2,1-2H3,(H,28,31)/b27-20+. The fourth-order valence-electron chi connectivity index (χ4n) is 3.37. The van der Waals surface area contributed by atoms with Crippen molar-refractivity contribution in [1.82, 2.24) is 5.43 Å². The molecule has 0 unspecified atom stereocenters. The third-order valence-corrected chi connectivity index (χ3v) is 6.14. The normalized spacial score (nSPS) is 11.5. The fourth-order valence-corrected chi connectivity index (χ4v) is 4.35. The van der Waals surface area contributed by atoms with Crippen molar-refractivity contribution in [2.24, 2.45) is 5.10 Å². The number of fused-ring (bicyclic) bond motifs is 1. The lowest BCUT2D eigenvalue weighted by atomic mass is 10.1. The highest BCUT2D eigenvalue weighted by molar-refractivity contribution is 7.17. The first kappa shape index (κ1) is 26.3. The Morgan fingerprint density at radius 3 is 2.66 bits per heavy atom. The number of halogens is 1. The second-order valence-electron chi connectivity index (χ2n) is 7.46. The summed E-state index contributed by atoms with van der Waals surface area (Å²) in [6, 6.07) is 9.54. The molecule has 10 heteroatoms. The van der Waals surface area contributed by atoms with E-state index < -0.39 is 5.91 Å². The lowest BCUT2D eigenvalue weighted by molar-refractivity contribution is -0.121. The summed E-state index contributed by atoms with van der Waals surface area (Å²) in [6.07, 6.45) is 0.327. The van der Waals surface area contributed by atoms with Gasteiger partial charge >= 0.3 is 0 Å². The second kappa shape index (κ2) is 12.9. The number of aliphatic hydroxyl groups excluding tert-OH is 1. The van der Waals surface area contributed by atoms with Gasteiger partial charge in [-0.15, -0.1) is 11.3 Å². The summed E-state index contributed by atoms with van der Waals surface area (Å²) < 4.78 is 30.4. The molecule has 0 saturated heterocycles. The molecule has 0 spiro atoms. The van der Waals surface area contributed by atoms with Crippen molar-refractivity contribution < 1.29 is 33.3 Å². The molecule has 0 aliphatic carbocycles. The van der Waals surface area contributed by atoms with Crippen molar-refractivity contribution in [3.63, 3.8) is 0 Å². The molecular weight excluding hydrogens is 475 g/mol. The first-order chi connectivity index (χ1) is 17.0. The molecule has 3 rings (SSSR count). The van der Waals surface area contributed by atoms with E-state index in [4.69, 9.17) is 19.3 Å². The Bertz CT molecular complexity index is 1210. The van der Waals surface area contributed by atoms with Crippen LogP contribution < -0.4 is 14.9 Å². The van der Waals surface area contributed by atoms with Crippen LogP contribution in [0.3, 0.4) is 0 Å². The highest BCUT2D eigenvalue weighted by Crippen LogP contribution is 2.30. The maximum absolute atomic E-state index is 14.1. The van der Waals surface area contributed by atoms with E-state index in [9.17, 15) is 14.0 Å². The molecule has 0 radical (unpaired) electrons. The van der Waals surface area contributed by atoms with Gasteiger partial charge in [-0.05, 0) is 24.3 Å². The van der Waals surface area contributed by atoms with E-state index in [1.54, 1.807) is 36.8 Å². The summed E-state index contributed by atoms with van der Waals surface area (Å²) in [7, 11) is 3.01. The van der Waals surface area contributed by atoms with Crippen LogP contribution in [0.2, 0.25) is 0 Å². The zero-order valence-electron chi connectivity index (χ0n) is 19.5. The average Bonchev–Trinajstić information content (AvgIpc) is 3.31. The molecule has 186 valence electrons. The molecule has 0 bridgehead atoms. The number of hydrogen-bond acceptors (Lipinski definition) is 8. The molecule has 3 aromatic rings. The number of aliphatic hydroxyl groups is 1. The van der Waals surface area contributed by atoms with E-state index in [0.29, 0.717) is 40.5 Å². The number of rotatable bonds is 13. The Morgan fingerprint density at radius 1 is 1.09 bits per heavy atom. The van der Waals surface area contributed by atoms with Crippen LogP contribution in [-0.4, -0.2) is 56.5 Å². The van der Waals surface area contributed by atoms with E-state index in [0.717, 1.165) is 10.9 Å². The topological polar surface area (TPSA) is 106 Å². The van der Waals surface area contributed by atoms with Crippen molar-refractivity contribution in [3.05, 3.63) is 58.7 Å². The van der Waals surface area contributed by atoms with Crippen LogP contribution >= 0.6 is 11.3 Å². The van der Waals surface area contributed by atoms with Gasteiger partial charge in [0.05, 0.1) is 30.7 Å². The molecule has 2 aromatic carbocycles.